The van der Waals surface area contributed by atoms with E-state index in [0.29, 0.717) is 0 Å². The third kappa shape index (κ3) is 4.03. The highest BCUT2D eigenvalue weighted by molar-refractivity contribution is 5.90. The van der Waals surface area contributed by atoms with Gasteiger partial charge in [-0.3, -0.25) is 4.98 Å². The van der Waals surface area contributed by atoms with Crippen LogP contribution in [0, 0.1) is 6.92 Å². The van der Waals surface area contributed by atoms with Crippen molar-refractivity contribution < 1.29 is 0 Å². The molecule has 2 heteroatoms. The fourth-order valence-electron chi connectivity index (χ4n) is 4.03. The minimum atomic E-state index is 1.02. The number of fused-ring (bicyclic) bond motifs is 1. The van der Waals surface area contributed by atoms with Gasteiger partial charge in [0.1, 0.15) is 0 Å². The number of aryl methyl sites for hydroxylation is 1. The van der Waals surface area contributed by atoms with Crippen LogP contribution in [-0.4, -0.2) is 4.98 Å². The van der Waals surface area contributed by atoms with E-state index in [1.165, 1.54) is 22.1 Å². The average molecular weight is 413 g/mol. The van der Waals surface area contributed by atoms with Crippen molar-refractivity contribution in [1.29, 1.82) is 0 Å². The van der Waals surface area contributed by atoms with E-state index in [1.807, 2.05) is 12.3 Å². The van der Waals surface area contributed by atoms with E-state index in [0.717, 1.165) is 22.6 Å². The van der Waals surface area contributed by atoms with Gasteiger partial charge < -0.3 is 4.90 Å². The summed E-state index contributed by atoms with van der Waals surface area (Å²) < 4.78 is 0. The lowest BCUT2D eigenvalue weighted by atomic mass is 10.0. The quantitative estimate of drug-likeness (QED) is 0.289. The molecule has 0 saturated heterocycles. The molecule has 1 heterocycles. The third-order valence-electron chi connectivity index (χ3n) is 5.67. The van der Waals surface area contributed by atoms with E-state index in [2.05, 4.69) is 132 Å². The van der Waals surface area contributed by atoms with Crippen LogP contribution in [0.5, 0.6) is 0 Å². The van der Waals surface area contributed by atoms with E-state index in [9.17, 15) is 0 Å². The van der Waals surface area contributed by atoms with Gasteiger partial charge in [-0.15, -0.1) is 0 Å². The van der Waals surface area contributed by atoms with Gasteiger partial charge in [0.2, 0.25) is 0 Å². The molecule has 0 aliphatic rings. The first-order valence-corrected chi connectivity index (χ1v) is 10.8. The molecule has 0 fully saturated rings. The number of hydrogen-bond donors (Lipinski definition) is 0. The van der Waals surface area contributed by atoms with Gasteiger partial charge in [0.05, 0.1) is 5.52 Å². The van der Waals surface area contributed by atoms with Crippen molar-refractivity contribution in [3.05, 3.63) is 132 Å². The second kappa shape index (κ2) is 8.91. The Balaban J connectivity index is 1.51. The van der Waals surface area contributed by atoms with Gasteiger partial charge in [0, 0.05) is 28.6 Å². The Morgan fingerprint density at radius 2 is 1.22 bits per heavy atom. The topological polar surface area (TPSA) is 16.1 Å². The number of rotatable bonds is 5. The fourth-order valence-corrected chi connectivity index (χ4v) is 4.03. The van der Waals surface area contributed by atoms with Crippen molar-refractivity contribution >= 4 is 40.1 Å². The van der Waals surface area contributed by atoms with Crippen molar-refractivity contribution in [2.45, 2.75) is 6.92 Å². The lowest BCUT2D eigenvalue weighted by molar-refractivity contribution is 1.27. The normalized spacial score (nSPS) is 11.2. The molecule has 0 radical (unpaired) electrons. The van der Waals surface area contributed by atoms with Crippen LogP contribution in [0.1, 0.15) is 16.7 Å². The Bertz CT molecular complexity index is 1330. The highest BCUT2D eigenvalue weighted by Crippen LogP contribution is 2.35. The molecular formula is C30H24N2. The molecule has 0 N–H and O–H groups in total. The van der Waals surface area contributed by atoms with Crippen LogP contribution in [0.15, 0.2) is 115 Å². The highest BCUT2D eigenvalue weighted by Gasteiger charge is 2.12. The van der Waals surface area contributed by atoms with Gasteiger partial charge in [-0.2, -0.15) is 0 Å². The van der Waals surface area contributed by atoms with Crippen LogP contribution in [0.25, 0.3) is 23.1 Å². The number of aromatic nitrogens is 1. The van der Waals surface area contributed by atoms with E-state index in [1.54, 1.807) is 0 Å². The average Bonchev–Trinajstić information content (AvgIpc) is 2.85. The SMILES string of the molecule is Cc1cc(N(c2ccccc2)c2ccccc2)ccc1/C=C/c1ccnc2ccccc12. The maximum atomic E-state index is 4.46. The Morgan fingerprint density at radius 3 is 1.91 bits per heavy atom. The standard InChI is InChI=1S/C30H24N2/c1-23-22-28(32(26-10-4-2-5-11-26)27-12-6-3-7-13-27)19-18-24(23)16-17-25-20-21-31-30-15-9-8-14-29(25)30/h2-22H,1H3/b17-16+. The predicted molar refractivity (Wildman–Crippen MR) is 137 cm³/mol. The second-order valence-corrected chi connectivity index (χ2v) is 7.80. The summed E-state index contributed by atoms with van der Waals surface area (Å²) in [6.45, 7) is 2.17. The molecule has 32 heavy (non-hydrogen) atoms. The number of nitrogens with zero attached hydrogens (tertiary/aromatic N) is 2. The summed E-state index contributed by atoms with van der Waals surface area (Å²) in [5.41, 5.74) is 8.06. The molecule has 5 aromatic rings. The van der Waals surface area contributed by atoms with Crippen molar-refractivity contribution in [3.63, 3.8) is 0 Å². The van der Waals surface area contributed by atoms with Crippen molar-refractivity contribution in [2.24, 2.45) is 0 Å². The first-order chi connectivity index (χ1) is 15.8. The Morgan fingerprint density at radius 1 is 0.594 bits per heavy atom. The number of para-hydroxylation sites is 3. The predicted octanol–water partition coefficient (Wildman–Crippen LogP) is 8.18. The molecule has 0 saturated carbocycles. The van der Waals surface area contributed by atoms with Crippen LogP contribution in [0.4, 0.5) is 17.1 Å². The van der Waals surface area contributed by atoms with Crippen molar-refractivity contribution in [2.75, 3.05) is 4.90 Å². The van der Waals surface area contributed by atoms with Crippen LogP contribution in [0.2, 0.25) is 0 Å². The van der Waals surface area contributed by atoms with Crippen LogP contribution >= 0.6 is 0 Å². The van der Waals surface area contributed by atoms with Gasteiger partial charge in [-0.25, -0.2) is 0 Å². The van der Waals surface area contributed by atoms with Crippen LogP contribution in [0.3, 0.4) is 0 Å². The molecular weight excluding hydrogens is 388 g/mol. The summed E-state index contributed by atoms with van der Waals surface area (Å²) in [5.74, 6) is 0. The van der Waals surface area contributed by atoms with Crippen LogP contribution in [-0.2, 0) is 0 Å². The van der Waals surface area contributed by atoms with Gasteiger partial charge in [0.15, 0.2) is 0 Å². The van der Waals surface area contributed by atoms with Crippen LogP contribution < -0.4 is 4.90 Å². The minimum absolute atomic E-state index is 1.02. The molecule has 1 aromatic heterocycles. The van der Waals surface area contributed by atoms with Crippen molar-refractivity contribution in [3.8, 4) is 0 Å². The minimum Gasteiger partial charge on any atom is -0.310 e. The summed E-state index contributed by atoms with van der Waals surface area (Å²) in [6, 6.07) is 37.9. The molecule has 0 aliphatic carbocycles. The fraction of sp³-hybridized carbons (Fsp3) is 0.0333. The number of benzene rings is 4. The van der Waals surface area contributed by atoms with E-state index in [-0.39, 0.29) is 0 Å². The summed E-state index contributed by atoms with van der Waals surface area (Å²) in [5, 5.41) is 1.17. The molecule has 154 valence electrons. The molecule has 0 bridgehead atoms. The van der Waals surface area contributed by atoms with E-state index >= 15 is 0 Å². The number of hydrogen-bond acceptors (Lipinski definition) is 2. The summed E-state index contributed by atoms with van der Waals surface area (Å²) in [4.78, 5) is 6.75. The summed E-state index contributed by atoms with van der Waals surface area (Å²) >= 11 is 0. The maximum Gasteiger partial charge on any atom is 0.0707 e. The Hall–Kier alpha value is -4.17. The zero-order chi connectivity index (χ0) is 21.8. The number of pyridine rings is 1. The smallest absolute Gasteiger partial charge is 0.0707 e. The lowest BCUT2D eigenvalue weighted by Crippen LogP contribution is -2.09. The summed E-state index contributed by atoms with van der Waals surface area (Å²) in [6.07, 6.45) is 6.24. The molecule has 5 rings (SSSR count). The molecule has 0 aliphatic heterocycles. The maximum absolute atomic E-state index is 4.46. The molecule has 4 aromatic carbocycles. The molecule has 0 atom stereocenters. The first kappa shape index (κ1) is 19.8. The Kier molecular flexibility index (Phi) is 5.50. The second-order valence-electron chi connectivity index (χ2n) is 7.80. The monoisotopic (exact) mass is 412 g/mol. The van der Waals surface area contributed by atoms with Gasteiger partial charge in [0.25, 0.3) is 0 Å². The number of anilines is 3. The zero-order valence-corrected chi connectivity index (χ0v) is 18.0. The third-order valence-corrected chi connectivity index (χ3v) is 5.67. The van der Waals surface area contributed by atoms with E-state index < -0.39 is 0 Å². The van der Waals surface area contributed by atoms with E-state index in [4.69, 9.17) is 0 Å². The van der Waals surface area contributed by atoms with Gasteiger partial charge in [-0.1, -0.05) is 72.8 Å². The first-order valence-electron chi connectivity index (χ1n) is 10.8. The molecule has 0 unspecified atom stereocenters. The molecule has 2 nitrogen and oxygen atoms in total. The summed E-state index contributed by atoms with van der Waals surface area (Å²) in [7, 11) is 0. The Labute approximate surface area is 189 Å². The van der Waals surface area contributed by atoms with Gasteiger partial charge >= 0.3 is 0 Å². The molecule has 0 amide bonds. The molecule has 0 spiro atoms. The highest BCUT2D eigenvalue weighted by atomic mass is 15.1. The van der Waals surface area contributed by atoms with Crippen molar-refractivity contribution in [1.82, 2.24) is 4.98 Å². The van der Waals surface area contributed by atoms with Gasteiger partial charge in [-0.05, 0) is 72.1 Å². The largest absolute Gasteiger partial charge is 0.310 e. The zero-order valence-electron chi connectivity index (χ0n) is 18.0. The lowest BCUT2D eigenvalue weighted by Gasteiger charge is -2.26.